The Balaban J connectivity index is 1.93. The molecule has 0 radical (unpaired) electrons. The molecule has 0 spiro atoms. The lowest BCUT2D eigenvalue weighted by Gasteiger charge is -2.06. The maximum atomic E-state index is 5.30. The van der Waals surface area contributed by atoms with E-state index in [2.05, 4.69) is 48.6 Å². The number of aliphatic imine (C=N–C) groups is 1. The maximum absolute atomic E-state index is 5.30. The zero-order valence-electron chi connectivity index (χ0n) is 9.86. The molecule has 1 unspecified atom stereocenters. The Morgan fingerprint density at radius 2 is 2.06 bits per heavy atom. The summed E-state index contributed by atoms with van der Waals surface area (Å²) >= 11 is 0. The fraction of sp³-hybridized carbons (Fsp3) is 0.462. The van der Waals surface area contributed by atoms with Gasteiger partial charge in [-0.1, -0.05) is 36.8 Å². The standard InChI is InChI=1S/C13H18N2O/c1-3-4-13-14-12(15-16-13)9-11-7-5-10(2)6-8-11/h5-8,12,15H,3-4,9H2,1-2H3. The first-order valence-corrected chi connectivity index (χ1v) is 5.82. The van der Waals surface area contributed by atoms with Crippen molar-refractivity contribution in [1.29, 1.82) is 0 Å². The van der Waals surface area contributed by atoms with Crippen LogP contribution in [0.4, 0.5) is 0 Å². The zero-order valence-corrected chi connectivity index (χ0v) is 9.86. The Bertz CT molecular complexity index is 370. The molecule has 1 aromatic rings. The number of aryl methyl sites for hydroxylation is 1. The average molecular weight is 218 g/mol. The van der Waals surface area contributed by atoms with Crippen LogP contribution in [-0.4, -0.2) is 12.1 Å². The summed E-state index contributed by atoms with van der Waals surface area (Å²) in [5.41, 5.74) is 5.52. The molecule has 0 fully saturated rings. The molecule has 0 amide bonds. The second kappa shape index (κ2) is 5.12. The third kappa shape index (κ3) is 2.83. The first-order valence-electron chi connectivity index (χ1n) is 5.82. The molecule has 0 bridgehead atoms. The highest BCUT2D eigenvalue weighted by molar-refractivity contribution is 5.77. The van der Waals surface area contributed by atoms with Gasteiger partial charge in [0, 0.05) is 12.8 Å². The van der Waals surface area contributed by atoms with E-state index in [1.165, 1.54) is 11.1 Å². The van der Waals surface area contributed by atoms with Crippen molar-refractivity contribution in [2.24, 2.45) is 4.99 Å². The Hall–Kier alpha value is -1.35. The van der Waals surface area contributed by atoms with Gasteiger partial charge in [0.2, 0.25) is 5.90 Å². The lowest BCUT2D eigenvalue weighted by atomic mass is 10.1. The molecule has 16 heavy (non-hydrogen) atoms. The van der Waals surface area contributed by atoms with Gasteiger partial charge in [0.25, 0.3) is 0 Å². The molecule has 3 nitrogen and oxygen atoms in total. The highest BCUT2D eigenvalue weighted by Gasteiger charge is 2.17. The predicted octanol–water partition coefficient (Wildman–Crippen LogP) is 2.60. The fourth-order valence-electron chi connectivity index (χ4n) is 1.73. The van der Waals surface area contributed by atoms with Crippen molar-refractivity contribution in [2.45, 2.75) is 39.3 Å². The topological polar surface area (TPSA) is 33.6 Å². The second-order valence-electron chi connectivity index (χ2n) is 4.20. The molecule has 86 valence electrons. The number of benzene rings is 1. The molecular weight excluding hydrogens is 200 g/mol. The molecule has 1 atom stereocenters. The third-order valence-electron chi connectivity index (χ3n) is 2.63. The van der Waals surface area contributed by atoms with Gasteiger partial charge in [-0.15, -0.1) is 5.48 Å². The van der Waals surface area contributed by atoms with E-state index in [9.17, 15) is 0 Å². The van der Waals surface area contributed by atoms with Crippen LogP contribution < -0.4 is 5.48 Å². The van der Waals surface area contributed by atoms with Crippen LogP contribution in [0.1, 0.15) is 30.9 Å². The van der Waals surface area contributed by atoms with Crippen molar-refractivity contribution in [2.75, 3.05) is 0 Å². The van der Waals surface area contributed by atoms with E-state index in [1.54, 1.807) is 0 Å². The monoisotopic (exact) mass is 218 g/mol. The van der Waals surface area contributed by atoms with Gasteiger partial charge in [0.05, 0.1) is 0 Å². The summed E-state index contributed by atoms with van der Waals surface area (Å²) in [6, 6.07) is 8.54. The van der Waals surface area contributed by atoms with E-state index in [1.807, 2.05) is 0 Å². The molecule has 1 heterocycles. The van der Waals surface area contributed by atoms with Crippen molar-refractivity contribution in [3.05, 3.63) is 35.4 Å². The molecule has 0 aliphatic carbocycles. The number of hydroxylamine groups is 1. The molecule has 0 saturated carbocycles. The van der Waals surface area contributed by atoms with Gasteiger partial charge in [-0.3, -0.25) is 0 Å². The minimum Gasteiger partial charge on any atom is -0.391 e. The summed E-state index contributed by atoms with van der Waals surface area (Å²) in [5.74, 6) is 0.833. The van der Waals surface area contributed by atoms with E-state index in [0.717, 1.165) is 25.2 Å². The Morgan fingerprint density at radius 3 is 2.75 bits per heavy atom. The van der Waals surface area contributed by atoms with Crippen LogP contribution in [0.2, 0.25) is 0 Å². The quantitative estimate of drug-likeness (QED) is 0.842. The van der Waals surface area contributed by atoms with E-state index in [4.69, 9.17) is 4.84 Å². The molecule has 3 heteroatoms. The van der Waals surface area contributed by atoms with E-state index >= 15 is 0 Å². The van der Waals surface area contributed by atoms with E-state index < -0.39 is 0 Å². The molecular formula is C13H18N2O. The van der Waals surface area contributed by atoms with Crippen LogP contribution in [0.15, 0.2) is 29.3 Å². The fourth-order valence-corrected chi connectivity index (χ4v) is 1.73. The van der Waals surface area contributed by atoms with E-state index in [0.29, 0.717) is 0 Å². The van der Waals surface area contributed by atoms with E-state index in [-0.39, 0.29) is 6.17 Å². The normalized spacial score (nSPS) is 19.4. The Kier molecular flexibility index (Phi) is 3.57. The summed E-state index contributed by atoms with van der Waals surface area (Å²) < 4.78 is 0. The van der Waals surface area contributed by atoms with Gasteiger partial charge < -0.3 is 4.84 Å². The number of hydrogen-bond acceptors (Lipinski definition) is 3. The van der Waals surface area contributed by atoms with Crippen molar-refractivity contribution in [1.82, 2.24) is 5.48 Å². The van der Waals surface area contributed by atoms with Crippen LogP contribution in [-0.2, 0) is 11.3 Å². The van der Waals surface area contributed by atoms with Crippen molar-refractivity contribution in [3.8, 4) is 0 Å². The molecule has 0 saturated heterocycles. The first-order chi connectivity index (χ1) is 7.78. The van der Waals surface area contributed by atoms with Crippen LogP contribution in [0.3, 0.4) is 0 Å². The van der Waals surface area contributed by atoms with Gasteiger partial charge in [0.15, 0.2) is 0 Å². The highest BCUT2D eigenvalue weighted by atomic mass is 16.7. The van der Waals surface area contributed by atoms with Gasteiger partial charge in [-0.2, -0.15) is 0 Å². The smallest absolute Gasteiger partial charge is 0.211 e. The summed E-state index contributed by atoms with van der Waals surface area (Å²) in [4.78, 5) is 9.78. The van der Waals surface area contributed by atoms with Crippen LogP contribution in [0, 0.1) is 6.92 Å². The lowest BCUT2D eigenvalue weighted by Crippen LogP contribution is -2.23. The van der Waals surface area contributed by atoms with Crippen molar-refractivity contribution in [3.63, 3.8) is 0 Å². The molecule has 1 aliphatic rings. The highest BCUT2D eigenvalue weighted by Crippen LogP contribution is 2.11. The van der Waals surface area contributed by atoms with Crippen LogP contribution >= 0.6 is 0 Å². The number of nitrogens with zero attached hydrogens (tertiary/aromatic N) is 1. The lowest BCUT2D eigenvalue weighted by molar-refractivity contribution is 0.174. The number of rotatable bonds is 4. The Labute approximate surface area is 96.5 Å². The molecule has 1 aliphatic heterocycles. The average Bonchev–Trinajstić information content (AvgIpc) is 2.70. The summed E-state index contributed by atoms with van der Waals surface area (Å²) in [5, 5.41) is 0. The Morgan fingerprint density at radius 1 is 1.31 bits per heavy atom. The number of hydrogen-bond donors (Lipinski definition) is 1. The molecule has 2 rings (SSSR count). The van der Waals surface area contributed by atoms with Crippen molar-refractivity contribution >= 4 is 5.90 Å². The minimum atomic E-state index is 0.0734. The number of nitrogens with one attached hydrogen (secondary N) is 1. The molecule has 1 aromatic carbocycles. The summed E-state index contributed by atoms with van der Waals surface area (Å²) in [7, 11) is 0. The van der Waals surface area contributed by atoms with Gasteiger partial charge in [-0.25, -0.2) is 4.99 Å². The zero-order chi connectivity index (χ0) is 11.4. The third-order valence-corrected chi connectivity index (χ3v) is 2.63. The first kappa shape index (κ1) is 11.1. The summed E-state index contributed by atoms with van der Waals surface area (Å²) in [6.45, 7) is 4.22. The molecule has 0 aromatic heterocycles. The van der Waals surface area contributed by atoms with Gasteiger partial charge >= 0.3 is 0 Å². The largest absolute Gasteiger partial charge is 0.391 e. The van der Waals surface area contributed by atoms with Crippen molar-refractivity contribution < 1.29 is 4.84 Å². The van der Waals surface area contributed by atoms with Gasteiger partial charge in [0.1, 0.15) is 6.17 Å². The maximum Gasteiger partial charge on any atom is 0.211 e. The van der Waals surface area contributed by atoms with Gasteiger partial charge in [-0.05, 0) is 18.9 Å². The van der Waals surface area contributed by atoms with Crippen LogP contribution in [0.25, 0.3) is 0 Å². The second-order valence-corrected chi connectivity index (χ2v) is 4.20. The SMILES string of the molecule is CCCC1=NC(Cc2ccc(C)cc2)NO1. The summed E-state index contributed by atoms with van der Waals surface area (Å²) in [6.07, 6.45) is 2.94. The predicted molar refractivity (Wildman–Crippen MR) is 65.2 cm³/mol. The van der Waals surface area contributed by atoms with Crippen LogP contribution in [0.5, 0.6) is 0 Å². The minimum absolute atomic E-state index is 0.0734. The molecule has 1 N–H and O–H groups in total.